The third-order valence-electron chi connectivity index (χ3n) is 3.02. The van der Waals surface area contributed by atoms with Crippen molar-refractivity contribution in [1.82, 2.24) is 4.90 Å². The Morgan fingerprint density at radius 2 is 1.84 bits per heavy atom. The summed E-state index contributed by atoms with van der Waals surface area (Å²) < 4.78 is 0.509. The number of hydrogen-bond donors (Lipinski definition) is 1. The van der Waals surface area contributed by atoms with Crippen LogP contribution in [-0.2, 0) is 6.54 Å². The standard InChI is InChI=1S/C13H19IN2O3/c1-8(2)15(9(3)4)7-10-5-11(16(18)19)6-12(14)13(10)17/h5-6,8-9,17H,7H2,1-4H3. The first-order valence-corrected chi connectivity index (χ1v) is 7.23. The summed E-state index contributed by atoms with van der Waals surface area (Å²) in [5.41, 5.74) is 0.616. The highest BCUT2D eigenvalue weighted by Crippen LogP contribution is 2.31. The van der Waals surface area contributed by atoms with Crippen molar-refractivity contribution in [2.24, 2.45) is 0 Å². The minimum atomic E-state index is -0.430. The predicted molar refractivity (Wildman–Crippen MR) is 83.3 cm³/mol. The molecule has 0 fully saturated rings. The van der Waals surface area contributed by atoms with Crippen LogP contribution in [0.25, 0.3) is 0 Å². The monoisotopic (exact) mass is 378 g/mol. The zero-order valence-electron chi connectivity index (χ0n) is 11.6. The van der Waals surface area contributed by atoms with Crippen LogP contribution < -0.4 is 0 Å². The fraction of sp³-hybridized carbons (Fsp3) is 0.538. The lowest BCUT2D eigenvalue weighted by Crippen LogP contribution is -2.36. The quantitative estimate of drug-likeness (QED) is 0.484. The molecule has 0 spiro atoms. The summed E-state index contributed by atoms with van der Waals surface area (Å²) in [5, 5.41) is 20.9. The molecule has 0 saturated carbocycles. The molecule has 0 aliphatic heterocycles. The molecule has 1 N–H and O–H groups in total. The maximum Gasteiger partial charge on any atom is 0.271 e. The maximum atomic E-state index is 10.9. The molecule has 1 aromatic rings. The second kappa shape index (κ2) is 6.51. The summed E-state index contributed by atoms with van der Waals surface area (Å²) in [6, 6.07) is 3.44. The number of nitro groups is 1. The first kappa shape index (κ1) is 16.2. The predicted octanol–water partition coefficient (Wildman–Crippen LogP) is 3.52. The van der Waals surface area contributed by atoms with Crippen molar-refractivity contribution in [1.29, 1.82) is 0 Å². The molecule has 0 aromatic heterocycles. The molecule has 106 valence electrons. The van der Waals surface area contributed by atoms with Gasteiger partial charge in [0.1, 0.15) is 5.75 Å². The number of benzene rings is 1. The zero-order chi connectivity index (χ0) is 14.7. The van der Waals surface area contributed by atoms with Crippen LogP contribution in [0.2, 0.25) is 0 Å². The molecule has 0 aliphatic rings. The van der Waals surface area contributed by atoms with E-state index in [0.29, 0.717) is 27.8 Å². The van der Waals surface area contributed by atoms with E-state index in [-0.39, 0.29) is 11.4 Å². The summed E-state index contributed by atoms with van der Waals surface area (Å²) >= 11 is 1.92. The van der Waals surface area contributed by atoms with Crippen LogP contribution in [0, 0.1) is 13.7 Å². The fourth-order valence-corrected chi connectivity index (χ4v) is 2.69. The van der Waals surface area contributed by atoms with E-state index in [9.17, 15) is 15.2 Å². The number of non-ortho nitro benzene ring substituents is 1. The second-order valence-electron chi connectivity index (χ2n) is 5.05. The largest absolute Gasteiger partial charge is 0.506 e. The summed E-state index contributed by atoms with van der Waals surface area (Å²) in [6.07, 6.45) is 0. The molecule has 6 heteroatoms. The number of halogens is 1. The Balaban J connectivity index is 3.15. The van der Waals surface area contributed by atoms with Crippen molar-refractivity contribution in [3.63, 3.8) is 0 Å². The van der Waals surface area contributed by atoms with E-state index in [1.54, 1.807) is 0 Å². The van der Waals surface area contributed by atoms with Crippen molar-refractivity contribution < 1.29 is 10.0 Å². The molecule has 0 amide bonds. The van der Waals surface area contributed by atoms with E-state index >= 15 is 0 Å². The van der Waals surface area contributed by atoms with Gasteiger partial charge < -0.3 is 5.11 Å². The van der Waals surface area contributed by atoms with Gasteiger partial charge in [-0.25, -0.2) is 0 Å². The number of hydrogen-bond acceptors (Lipinski definition) is 4. The van der Waals surface area contributed by atoms with E-state index in [1.165, 1.54) is 12.1 Å². The average Bonchev–Trinajstić information content (AvgIpc) is 2.29. The Labute approximate surface area is 126 Å². The molecule has 0 aliphatic carbocycles. The molecule has 19 heavy (non-hydrogen) atoms. The lowest BCUT2D eigenvalue weighted by atomic mass is 10.1. The van der Waals surface area contributed by atoms with Crippen LogP contribution in [-0.4, -0.2) is 27.0 Å². The number of aromatic hydroxyl groups is 1. The molecule has 0 heterocycles. The van der Waals surface area contributed by atoms with Crippen LogP contribution in [0.1, 0.15) is 33.3 Å². The normalized spacial score (nSPS) is 11.6. The molecule has 0 unspecified atom stereocenters. The molecule has 0 saturated heterocycles. The Hall–Kier alpha value is -0.890. The smallest absolute Gasteiger partial charge is 0.271 e. The van der Waals surface area contributed by atoms with Gasteiger partial charge in [-0.1, -0.05) is 0 Å². The highest BCUT2D eigenvalue weighted by molar-refractivity contribution is 14.1. The molecule has 1 rings (SSSR count). The summed E-state index contributed by atoms with van der Waals surface area (Å²) in [7, 11) is 0. The molecular weight excluding hydrogens is 359 g/mol. The Kier molecular flexibility index (Phi) is 5.54. The number of phenolic OH excluding ortho intramolecular Hbond substituents is 1. The average molecular weight is 378 g/mol. The molecule has 0 radical (unpaired) electrons. The zero-order valence-corrected chi connectivity index (χ0v) is 13.7. The number of nitrogens with zero attached hydrogens (tertiary/aromatic N) is 2. The van der Waals surface area contributed by atoms with Crippen molar-refractivity contribution in [3.05, 3.63) is 31.4 Å². The minimum Gasteiger partial charge on any atom is -0.506 e. The van der Waals surface area contributed by atoms with Crippen LogP contribution in [0.15, 0.2) is 12.1 Å². The van der Waals surface area contributed by atoms with Crippen LogP contribution >= 0.6 is 22.6 Å². The van der Waals surface area contributed by atoms with Crippen molar-refractivity contribution in [2.75, 3.05) is 0 Å². The van der Waals surface area contributed by atoms with E-state index in [1.807, 2.05) is 22.6 Å². The van der Waals surface area contributed by atoms with Gasteiger partial charge in [0.05, 0.1) is 8.49 Å². The van der Waals surface area contributed by atoms with Gasteiger partial charge in [-0.2, -0.15) is 0 Å². The SMILES string of the molecule is CC(C)N(Cc1cc([N+](=O)[O-])cc(I)c1O)C(C)C. The van der Waals surface area contributed by atoms with Crippen molar-refractivity contribution >= 4 is 28.3 Å². The third-order valence-corrected chi connectivity index (χ3v) is 3.84. The van der Waals surface area contributed by atoms with E-state index in [2.05, 4.69) is 32.6 Å². The van der Waals surface area contributed by atoms with E-state index in [0.717, 1.165) is 0 Å². The fourth-order valence-electron chi connectivity index (χ4n) is 2.02. The number of nitro benzene ring substituents is 1. The number of phenols is 1. The van der Waals surface area contributed by atoms with Gasteiger partial charge in [0.15, 0.2) is 0 Å². The van der Waals surface area contributed by atoms with Gasteiger partial charge in [0.25, 0.3) is 5.69 Å². The lowest BCUT2D eigenvalue weighted by molar-refractivity contribution is -0.385. The highest BCUT2D eigenvalue weighted by atomic mass is 127. The molecular formula is C13H19IN2O3. The Morgan fingerprint density at radius 1 is 1.32 bits per heavy atom. The van der Waals surface area contributed by atoms with Crippen LogP contribution in [0.3, 0.4) is 0 Å². The molecule has 0 atom stereocenters. The van der Waals surface area contributed by atoms with Crippen molar-refractivity contribution in [2.45, 2.75) is 46.3 Å². The van der Waals surface area contributed by atoms with Crippen LogP contribution in [0.5, 0.6) is 5.75 Å². The van der Waals surface area contributed by atoms with Crippen LogP contribution in [0.4, 0.5) is 5.69 Å². The van der Waals surface area contributed by atoms with E-state index in [4.69, 9.17) is 0 Å². The van der Waals surface area contributed by atoms with Gasteiger partial charge >= 0.3 is 0 Å². The topological polar surface area (TPSA) is 66.6 Å². The van der Waals surface area contributed by atoms with Gasteiger partial charge in [0, 0.05) is 36.3 Å². The molecule has 1 aromatic carbocycles. The summed E-state index contributed by atoms with van der Waals surface area (Å²) in [5.74, 6) is 0.137. The molecule has 0 bridgehead atoms. The second-order valence-corrected chi connectivity index (χ2v) is 6.21. The lowest BCUT2D eigenvalue weighted by Gasteiger charge is -2.30. The highest BCUT2D eigenvalue weighted by Gasteiger charge is 2.20. The van der Waals surface area contributed by atoms with Gasteiger partial charge in [-0.05, 0) is 50.3 Å². The van der Waals surface area contributed by atoms with Gasteiger partial charge in [0.2, 0.25) is 0 Å². The summed E-state index contributed by atoms with van der Waals surface area (Å²) in [6.45, 7) is 8.77. The summed E-state index contributed by atoms with van der Waals surface area (Å²) in [4.78, 5) is 12.6. The maximum absolute atomic E-state index is 10.9. The van der Waals surface area contributed by atoms with Gasteiger partial charge in [-0.3, -0.25) is 15.0 Å². The first-order chi connectivity index (χ1) is 8.73. The Morgan fingerprint density at radius 3 is 2.26 bits per heavy atom. The van der Waals surface area contributed by atoms with Gasteiger partial charge in [-0.15, -0.1) is 0 Å². The number of rotatable bonds is 5. The Bertz CT molecular complexity index is 467. The van der Waals surface area contributed by atoms with E-state index < -0.39 is 4.92 Å². The molecule has 5 nitrogen and oxygen atoms in total. The van der Waals surface area contributed by atoms with Crippen molar-refractivity contribution in [3.8, 4) is 5.75 Å². The third kappa shape index (κ3) is 4.04. The minimum absolute atomic E-state index is 0.0182. The first-order valence-electron chi connectivity index (χ1n) is 6.15.